The van der Waals surface area contributed by atoms with E-state index in [1.54, 1.807) is 6.20 Å². The molecule has 60 valence electrons. The zero-order chi connectivity index (χ0) is 8.55. The maximum absolute atomic E-state index is 11.0. The monoisotopic (exact) mass is 224 g/mol. The van der Waals surface area contributed by atoms with Crippen LogP contribution < -0.4 is 5.69 Å². The molecule has 0 saturated heterocycles. The van der Waals surface area contributed by atoms with E-state index in [0.29, 0.717) is 0 Å². The largest absolute Gasteiger partial charge is 0.358 e. The Morgan fingerprint density at radius 2 is 2.08 bits per heavy atom. The molecule has 0 fully saturated rings. The van der Waals surface area contributed by atoms with Gasteiger partial charge in [0.2, 0.25) is 0 Å². The smallest absolute Gasteiger partial charge is 0.245 e. The number of nitrogens with zero attached hydrogens (tertiary/aromatic N) is 2. The van der Waals surface area contributed by atoms with Crippen molar-refractivity contribution >= 4 is 27.1 Å². The summed E-state index contributed by atoms with van der Waals surface area (Å²) in [6, 6.07) is 7.54. The lowest BCUT2D eigenvalue weighted by Crippen LogP contribution is -2.15. The van der Waals surface area contributed by atoms with Crippen molar-refractivity contribution in [3.8, 4) is 0 Å². The van der Waals surface area contributed by atoms with E-state index in [1.165, 1.54) is 3.59 Å². The van der Waals surface area contributed by atoms with Gasteiger partial charge in [-0.15, -0.1) is 0 Å². The zero-order valence-corrected chi connectivity index (χ0v) is 7.65. The Labute approximate surface area is 77.0 Å². The highest BCUT2D eigenvalue weighted by Crippen LogP contribution is 2.10. The number of hydrogen-bond acceptors (Lipinski definition) is 2. The Bertz CT molecular complexity index is 478. The second-order valence-corrected chi connectivity index (χ2v) is 3.09. The lowest BCUT2D eigenvalue weighted by atomic mass is 10.2. The Morgan fingerprint density at radius 3 is 2.92 bits per heavy atom. The van der Waals surface area contributed by atoms with Crippen molar-refractivity contribution in [1.29, 1.82) is 0 Å². The molecule has 0 N–H and O–H groups in total. The molecule has 1 heterocycles. The van der Waals surface area contributed by atoms with Crippen LogP contribution in [0.4, 0.5) is 0 Å². The Hall–Kier alpha value is -1.16. The van der Waals surface area contributed by atoms with Crippen LogP contribution in [0.15, 0.2) is 35.3 Å². The van der Waals surface area contributed by atoms with Gasteiger partial charge in [-0.2, -0.15) is 0 Å². The van der Waals surface area contributed by atoms with Crippen LogP contribution in [-0.4, -0.2) is 8.58 Å². The van der Waals surface area contributed by atoms with Crippen molar-refractivity contribution in [2.45, 2.75) is 0 Å². The van der Waals surface area contributed by atoms with E-state index in [4.69, 9.17) is 0 Å². The Kier molecular flexibility index (Phi) is 1.69. The average Bonchev–Trinajstić information content (AvgIpc) is 2.12. The van der Waals surface area contributed by atoms with Crippen molar-refractivity contribution in [2.24, 2.45) is 0 Å². The zero-order valence-electron chi connectivity index (χ0n) is 6.07. The first-order valence-electron chi connectivity index (χ1n) is 3.42. The van der Waals surface area contributed by atoms with Crippen LogP contribution in [0, 0.1) is 0 Å². The van der Waals surface area contributed by atoms with Gasteiger partial charge in [-0.05, 0) is 6.07 Å². The second-order valence-electron chi connectivity index (χ2n) is 2.38. The molecule has 0 radical (unpaired) electrons. The lowest BCUT2D eigenvalue weighted by Gasteiger charge is -1.98. The number of hydrogen-bond donors (Lipinski definition) is 0. The summed E-state index contributed by atoms with van der Waals surface area (Å²) in [7, 11) is 0. The van der Waals surface area contributed by atoms with E-state index >= 15 is 0 Å². The predicted molar refractivity (Wildman–Crippen MR) is 50.3 cm³/mol. The number of rotatable bonds is 0. The molecule has 0 aliphatic heterocycles. The van der Waals surface area contributed by atoms with E-state index in [9.17, 15) is 4.79 Å². The van der Waals surface area contributed by atoms with E-state index in [1.807, 2.05) is 24.3 Å². The number of halogens is 1. The molecular weight excluding hydrogens is 220 g/mol. The van der Waals surface area contributed by atoms with Gasteiger partial charge in [-0.25, -0.2) is 13.4 Å². The number of para-hydroxylation sites is 1. The van der Waals surface area contributed by atoms with Crippen molar-refractivity contribution in [1.82, 2.24) is 8.58 Å². The summed E-state index contributed by atoms with van der Waals surface area (Å²) in [5.74, 6) is 0. The highest BCUT2D eigenvalue weighted by atomic mass is 79.9. The van der Waals surface area contributed by atoms with Gasteiger partial charge in [0, 0.05) is 11.6 Å². The van der Waals surface area contributed by atoms with Gasteiger partial charge in [0.25, 0.3) is 0 Å². The molecule has 0 aliphatic rings. The quantitative estimate of drug-likeness (QED) is 0.681. The normalized spacial score (nSPS) is 10.4. The van der Waals surface area contributed by atoms with Gasteiger partial charge in [-0.3, -0.25) is 0 Å². The van der Waals surface area contributed by atoms with Crippen LogP contribution >= 0.6 is 16.1 Å². The molecule has 0 unspecified atom stereocenters. The number of benzene rings is 1. The van der Waals surface area contributed by atoms with E-state index in [-0.39, 0.29) is 5.69 Å². The highest BCUT2D eigenvalue weighted by molar-refractivity contribution is 9.08. The third-order valence-corrected chi connectivity index (χ3v) is 2.32. The van der Waals surface area contributed by atoms with Crippen LogP contribution in [-0.2, 0) is 0 Å². The molecule has 1 aromatic heterocycles. The fourth-order valence-electron chi connectivity index (χ4n) is 1.05. The molecule has 0 saturated carbocycles. The lowest BCUT2D eigenvalue weighted by molar-refractivity contribution is 1.08. The minimum absolute atomic E-state index is 0.297. The molecule has 1 aromatic carbocycles. The van der Waals surface area contributed by atoms with Gasteiger partial charge < -0.3 is 0 Å². The van der Waals surface area contributed by atoms with Gasteiger partial charge in [0.15, 0.2) is 0 Å². The molecule has 3 nitrogen and oxygen atoms in total. The molecule has 2 rings (SSSR count). The summed E-state index contributed by atoms with van der Waals surface area (Å²) in [6.45, 7) is 0. The highest BCUT2D eigenvalue weighted by Gasteiger charge is 1.98. The summed E-state index contributed by atoms with van der Waals surface area (Å²) >= 11 is 3.12. The van der Waals surface area contributed by atoms with Crippen LogP contribution in [0.5, 0.6) is 0 Å². The maximum Gasteiger partial charge on any atom is 0.358 e. The standard InChI is InChI=1S/C8H5BrN2O/c9-11-7-4-2-1-3-6(7)5-10-8(11)12/h1-5H. The van der Waals surface area contributed by atoms with E-state index < -0.39 is 0 Å². The summed E-state index contributed by atoms with van der Waals surface area (Å²) in [5, 5.41) is 0.939. The third-order valence-electron chi connectivity index (χ3n) is 1.63. The number of aromatic nitrogens is 2. The average molecular weight is 225 g/mol. The van der Waals surface area contributed by atoms with Gasteiger partial charge >= 0.3 is 5.69 Å². The fourth-order valence-corrected chi connectivity index (χ4v) is 1.47. The Morgan fingerprint density at radius 1 is 1.33 bits per heavy atom. The van der Waals surface area contributed by atoms with Crippen LogP contribution in [0.2, 0.25) is 0 Å². The predicted octanol–water partition coefficient (Wildman–Crippen LogP) is 1.55. The van der Waals surface area contributed by atoms with Gasteiger partial charge in [0.1, 0.15) is 0 Å². The van der Waals surface area contributed by atoms with Crippen molar-refractivity contribution in [2.75, 3.05) is 0 Å². The fraction of sp³-hybridized carbons (Fsp3) is 0. The summed E-state index contributed by atoms with van der Waals surface area (Å²) in [5.41, 5.74) is 0.534. The first kappa shape index (κ1) is 7.49. The molecule has 4 heteroatoms. The second kappa shape index (κ2) is 2.71. The van der Waals surface area contributed by atoms with Gasteiger partial charge in [0.05, 0.1) is 21.7 Å². The minimum Gasteiger partial charge on any atom is -0.245 e. The van der Waals surface area contributed by atoms with Gasteiger partial charge in [-0.1, -0.05) is 18.2 Å². The van der Waals surface area contributed by atoms with Crippen LogP contribution in [0.3, 0.4) is 0 Å². The van der Waals surface area contributed by atoms with E-state index in [2.05, 4.69) is 21.1 Å². The third kappa shape index (κ3) is 1.04. The minimum atomic E-state index is -0.297. The van der Waals surface area contributed by atoms with Crippen LogP contribution in [0.1, 0.15) is 0 Å². The topological polar surface area (TPSA) is 34.9 Å². The van der Waals surface area contributed by atoms with Crippen molar-refractivity contribution < 1.29 is 0 Å². The Balaban J connectivity index is 3.01. The van der Waals surface area contributed by atoms with E-state index in [0.717, 1.165) is 10.9 Å². The first-order chi connectivity index (χ1) is 5.79. The molecule has 0 spiro atoms. The summed E-state index contributed by atoms with van der Waals surface area (Å²) in [4.78, 5) is 14.7. The van der Waals surface area contributed by atoms with Crippen molar-refractivity contribution in [3.05, 3.63) is 40.9 Å². The molecule has 0 amide bonds. The number of fused-ring (bicyclic) bond motifs is 1. The molecule has 0 atom stereocenters. The van der Waals surface area contributed by atoms with Crippen LogP contribution in [0.25, 0.3) is 10.9 Å². The molecular formula is C8H5BrN2O. The molecule has 0 aliphatic carbocycles. The summed E-state index contributed by atoms with van der Waals surface area (Å²) in [6.07, 6.45) is 1.56. The maximum atomic E-state index is 11.0. The SMILES string of the molecule is O=c1ncc2ccccc2n1Br. The molecule has 12 heavy (non-hydrogen) atoms. The van der Waals surface area contributed by atoms with Crippen molar-refractivity contribution in [3.63, 3.8) is 0 Å². The molecule has 0 bridgehead atoms. The summed E-state index contributed by atoms with van der Waals surface area (Å²) < 4.78 is 1.35. The molecule has 2 aromatic rings. The first-order valence-corrected chi connectivity index (χ1v) is 4.13.